The summed E-state index contributed by atoms with van der Waals surface area (Å²) in [5.74, 6) is -0.294. The van der Waals surface area contributed by atoms with Crippen LogP contribution in [0.1, 0.15) is 18.4 Å². The molecule has 0 bridgehead atoms. The lowest BCUT2D eigenvalue weighted by molar-refractivity contribution is -0.384. The van der Waals surface area contributed by atoms with E-state index in [1.807, 2.05) is 0 Å². The second-order valence-corrected chi connectivity index (χ2v) is 7.56. The fraction of sp³-hybridized carbons (Fsp3) is 0.571. The highest BCUT2D eigenvalue weighted by atomic mass is 32.2. The highest BCUT2D eigenvalue weighted by Crippen LogP contribution is 2.20. The second-order valence-electron chi connectivity index (χ2n) is 5.75. The quantitative estimate of drug-likeness (QED) is 0.533. The van der Waals surface area contributed by atoms with E-state index >= 15 is 0 Å². The number of nitro groups is 1. The molecule has 1 aromatic rings. The van der Waals surface area contributed by atoms with Crippen molar-refractivity contribution in [2.24, 2.45) is 0 Å². The fourth-order valence-corrected chi connectivity index (χ4v) is 3.97. The number of ether oxygens (including phenoxy) is 1. The molecule has 1 aliphatic rings. The SMILES string of the molecule is COCC1(CNS(=O)(=O)Cc2cccc([N+](=O)[O-])c2)CCCN1. The third kappa shape index (κ3) is 4.96. The minimum Gasteiger partial charge on any atom is -0.383 e. The van der Waals surface area contributed by atoms with Crippen LogP contribution in [0.25, 0.3) is 0 Å². The monoisotopic (exact) mass is 343 g/mol. The van der Waals surface area contributed by atoms with Crippen molar-refractivity contribution in [2.45, 2.75) is 24.1 Å². The van der Waals surface area contributed by atoms with Crippen molar-refractivity contribution in [3.05, 3.63) is 39.9 Å². The van der Waals surface area contributed by atoms with Crippen LogP contribution in [0.5, 0.6) is 0 Å². The van der Waals surface area contributed by atoms with Crippen molar-refractivity contribution in [1.29, 1.82) is 0 Å². The zero-order valence-corrected chi connectivity index (χ0v) is 13.8. The minimum atomic E-state index is -3.59. The Labute approximate surface area is 135 Å². The Bertz CT molecular complexity index is 656. The highest BCUT2D eigenvalue weighted by Gasteiger charge is 2.34. The third-order valence-corrected chi connectivity index (χ3v) is 5.16. The number of non-ortho nitro benzene ring substituents is 1. The summed E-state index contributed by atoms with van der Waals surface area (Å²) in [6.45, 7) is 1.49. The normalized spacial score (nSPS) is 21.4. The predicted molar refractivity (Wildman–Crippen MR) is 85.6 cm³/mol. The van der Waals surface area contributed by atoms with Crippen LogP contribution in [-0.4, -0.2) is 45.7 Å². The molecule has 2 rings (SSSR count). The molecule has 0 saturated carbocycles. The average Bonchev–Trinajstić information content (AvgIpc) is 2.95. The Kier molecular flexibility index (Phi) is 5.69. The molecule has 1 fully saturated rings. The summed E-state index contributed by atoms with van der Waals surface area (Å²) >= 11 is 0. The van der Waals surface area contributed by atoms with Gasteiger partial charge in [-0.2, -0.15) is 0 Å². The van der Waals surface area contributed by atoms with Gasteiger partial charge in [0.1, 0.15) is 0 Å². The van der Waals surface area contributed by atoms with E-state index in [-0.39, 0.29) is 23.5 Å². The lowest BCUT2D eigenvalue weighted by Gasteiger charge is -2.28. The van der Waals surface area contributed by atoms with Gasteiger partial charge in [-0.3, -0.25) is 10.1 Å². The van der Waals surface area contributed by atoms with Gasteiger partial charge < -0.3 is 10.1 Å². The van der Waals surface area contributed by atoms with Gasteiger partial charge in [0, 0.05) is 25.8 Å². The Morgan fingerprint density at radius 2 is 2.26 bits per heavy atom. The van der Waals surface area contributed by atoms with Crippen LogP contribution in [0.15, 0.2) is 24.3 Å². The van der Waals surface area contributed by atoms with Crippen molar-refractivity contribution in [3.63, 3.8) is 0 Å². The molecule has 0 spiro atoms. The number of sulfonamides is 1. The summed E-state index contributed by atoms with van der Waals surface area (Å²) < 4.78 is 32.2. The third-order valence-electron chi connectivity index (χ3n) is 3.86. The first-order chi connectivity index (χ1) is 10.9. The zero-order chi connectivity index (χ0) is 16.9. The van der Waals surface area contributed by atoms with Gasteiger partial charge in [-0.1, -0.05) is 12.1 Å². The zero-order valence-electron chi connectivity index (χ0n) is 12.9. The summed E-state index contributed by atoms with van der Waals surface area (Å²) in [5.41, 5.74) is -0.122. The van der Waals surface area contributed by atoms with Crippen LogP contribution in [0.2, 0.25) is 0 Å². The van der Waals surface area contributed by atoms with E-state index in [2.05, 4.69) is 10.0 Å². The summed E-state index contributed by atoms with van der Waals surface area (Å²) in [4.78, 5) is 10.2. The lowest BCUT2D eigenvalue weighted by atomic mass is 9.99. The summed E-state index contributed by atoms with van der Waals surface area (Å²) in [6, 6.07) is 5.65. The molecule has 1 aromatic carbocycles. The molecule has 0 radical (unpaired) electrons. The number of nitrogens with zero attached hydrogens (tertiary/aromatic N) is 1. The van der Waals surface area contributed by atoms with E-state index in [0.29, 0.717) is 12.2 Å². The van der Waals surface area contributed by atoms with E-state index in [0.717, 1.165) is 19.4 Å². The molecular weight excluding hydrogens is 322 g/mol. The maximum absolute atomic E-state index is 12.2. The molecule has 1 aliphatic heterocycles. The Morgan fingerprint density at radius 1 is 1.48 bits per heavy atom. The number of rotatable bonds is 8. The number of nitro benzene ring substituents is 1. The van der Waals surface area contributed by atoms with Crippen molar-refractivity contribution in [2.75, 3.05) is 26.8 Å². The molecular formula is C14H21N3O5S. The van der Waals surface area contributed by atoms with Gasteiger partial charge in [-0.15, -0.1) is 0 Å². The van der Waals surface area contributed by atoms with Crippen LogP contribution in [0.4, 0.5) is 5.69 Å². The summed E-state index contributed by atoms with van der Waals surface area (Å²) in [5, 5.41) is 14.0. The van der Waals surface area contributed by atoms with Crippen molar-refractivity contribution in [3.8, 4) is 0 Å². The maximum Gasteiger partial charge on any atom is 0.269 e. The first-order valence-corrected chi connectivity index (χ1v) is 8.96. The summed E-state index contributed by atoms with van der Waals surface area (Å²) in [7, 11) is -2.01. The first kappa shape index (κ1) is 17.8. The number of hydrogen-bond acceptors (Lipinski definition) is 6. The lowest BCUT2D eigenvalue weighted by Crippen LogP contribution is -2.53. The molecule has 0 aromatic heterocycles. The number of benzene rings is 1. The molecule has 128 valence electrons. The second kappa shape index (κ2) is 7.35. The van der Waals surface area contributed by atoms with Crippen LogP contribution in [0, 0.1) is 10.1 Å². The smallest absolute Gasteiger partial charge is 0.269 e. The minimum absolute atomic E-state index is 0.119. The van der Waals surface area contributed by atoms with Crippen molar-refractivity contribution in [1.82, 2.24) is 10.0 Å². The number of nitrogens with one attached hydrogen (secondary N) is 2. The van der Waals surface area contributed by atoms with Crippen LogP contribution < -0.4 is 10.0 Å². The largest absolute Gasteiger partial charge is 0.383 e. The van der Waals surface area contributed by atoms with Gasteiger partial charge in [0.25, 0.3) is 5.69 Å². The fourth-order valence-electron chi connectivity index (χ4n) is 2.75. The number of methoxy groups -OCH3 is 1. The van der Waals surface area contributed by atoms with Gasteiger partial charge in [-0.25, -0.2) is 13.1 Å². The maximum atomic E-state index is 12.2. The molecule has 1 atom stereocenters. The number of hydrogen-bond donors (Lipinski definition) is 2. The van der Waals surface area contributed by atoms with Crippen LogP contribution in [-0.2, 0) is 20.5 Å². The molecule has 1 heterocycles. The Hall–Kier alpha value is -1.55. The molecule has 9 heteroatoms. The summed E-state index contributed by atoms with van der Waals surface area (Å²) in [6.07, 6.45) is 1.80. The van der Waals surface area contributed by atoms with Gasteiger partial charge in [0.2, 0.25) is 10.0 Å². The standard InChI is InChI=1S/C14H21N3O5S/c1-22-11-14(6-3-7-15-14)10-16-23(20,21)9-12-4-2-5-13(8-12)17(18)19/h2,4-5,8,15-16H,3,6-7,9-11H2,1H3. The van der Waals surface area contributed by atoms with E-state index in [1.54, 1.807) is 13.2 Å². The van der Waals surface area contributed by atoms with Gasteiger partial charge in [0.15, 0.2) is 0 Å². The molecule has 1 saturated heterocycles. The average molecular weight is 343 g/mol. The van der Waals surface area contributed by atoms with Gasteiger partial charge in [-0.05, 0) is 24.9 Å². The van der Waals surface area contributed by atoms with Crippen LogP contribution in [0.3, 0.4) is 0 Å². The molecule has 0 amide bonds. The molecule has 2 N–H and O–H groups in total. The molecule has 23 heavy (non-hydrogen) atoms. The van der Waals surface area contributed by atoms with E-state index in [9.17, 15) is 18.5 Å². The Morgan fingerprint density at radius 3 is 2.87 bits per heavy atom. The first-order valence-electron chi connectivity index (χ1n) is 7.30. The van der Waals surface area contributed by atoms with Gasteiger partial charge in [0.05, 0.1) is 22.8 Å². The van der Waals surface area contributed by atoms with Crippen LogP contribution >= 0.6 is 0 Å². The van der Waals surface area contributed by atoms with Crippen molar-refractivity contribution < 1.29 is 18.1 Å². The van der Waals surface area contributed by atoms with Gasteiger partial charge >= 0.3 is 0 Å². The predicted octanol–water partition coefficient (Wildman–Crippen LogP) is 0.783. The van der Waals surface area contributed by atoms with Crippen molar-refractivity contribution >= 4 is 15.7 Å². The van der Waals surface area contributed by atoms with E-state index < -0.39 is 14.9 Å². The topological polar surface area (TPSA) is 111 Å². The van der Waals surface area contributed by atoms with E-state index in [4.69, 9.17) is 4.74 Å². The van der Waals surface area contributed by atoms with E-state index in [1.165, 1.54) is 18.2 Å². The molecule has 0 aliphatic carbocycles. The molecule has 1 unspecified atom stereocenters. The molecule has 8 nitrogen and oxygen atoms in total. The Balaban J connectivity index is 2.01. The highest BCUT2D eigenvalue weighted by molar-refractivity contribution is 7.88.